The van der Waals surface area contributed by atoms with E-state index in [1.54, 1.807) is 19.1 Å². The first-order valence-corrected chi connectivity index (χ1v) is 6.22. The van der Waals surface area contributed by atoms with Gasteiger partial charge in [0.2, 0.25) is 0 Å². The number of halogens is 1. The van der Waals surface area contributed by atoms with Gasteiger partial charge in [-0.25, -0.2) is 4.79 Å². The number of nitrogens with one attached hydrogen (secondary N) is 1. The second-order valence-electron chi connectivity index (χ2n) is 3.69. The third-order valence-corrected chi connectivity index (χ3v) is 2.54. The molecular formula is C13H18ClNO2. The Morgan fingerprint density at radius 2 is 2.24 bits per heavy atom. The molecule has 1 aromatic carbocycles. The average Bonchev–Trinajstić information content (AvgIpc) is 2.30. The zero-order valence-electron chi connectivity index (χ0n) is 10.2. The van der Waals surface area contributed by atoms with Crippen LogP contribution in [0.15, 0.2) is 24.3 Å². The molecule has 0 fully saturated rings. The van der Waals surface area contributed by atoms with E-state index in [0.29, 0.717) is 11.6 Å². The number of rotatable bonds is 6. The largest absolute Gasteiger partial charge is 0.465 e. The second kappa shape index (κ2) is 7.30. The molecule has 0 spiro atoms. The van der Waals surface area contributed by atoms with Gasteiger partial charge in [-0.2, -0.15) is 0 Å². The molecule has 1 aromatic rings. The van der Waals surface area contributed by atoms with Crippen LogP contribution in [0.1, 0.15) is 31.9 Å². The van der Waals surface area contributed by atoms with E-state index in [9.17, 15) is 4.79 Å². The van der Waals surface area contributed by atoms with Gasteiger partial charge in [0.1, 0.15) is 6.04 Å². The third-order valence-electron chi connectivity index (χ3n) is 2.30. The highest BCUT2D eigenvalue weighted by atomic mass is 35.5. The third kappa shape index (κ3) is 4.36. The van der Waals surface area contributed by atoms with E-state index in [1.165, 1.54) is 0 Å². The van der Waals surface area contributed by atoms with Gasteiger partial charge in [0.05, 0.1) is 6.61 Å². The Balaban J connectivity index is 2.85. The molecule has 0 saturated carbocycles. The van der Waals surface area contributed by atoms with Crippen LogP contribution in [0.5, 0.6) is 0 Å². The summed E-state index contributed by atoms with van der Waals surface area (Å²) < 4.78 is 5.05. The van der Waals surface area contributed by atoms with Crippen LogP contribution >= 0.6 is 11.6 Å². The van der Waals surface area contributed by atoms with Gasteiger partial charge in [0.25, 0.3) is 0 Å². The highest BCUT2D eigenvalue weighted by Crippen LogP contribution is 2.19. The summed E-state index contributed by atoms with van der Waals surface area (Å²) in [5.74, 6) is -0.261. The summed E-state index contributed by atoms with van der Waals surface area (Å²) in [7, 11) is 0. The van der Waals surface area contributed by atoms with Gasteiger partial charge < -0.3 is 10.1 Å². The lowest BCUT2D eigenvalue weighted by Crippen LogP contribution is -2.30. The standard InChI is InChI=1S/C13H18ClNO2/c1-3-8-15-12(13(16)17-4-2)10-6-5-7-11(14)9-10/h5-7,9,12,15H,3-4,8H2,1-2H3. The maximum absolute atomic E-state index is 11.8. The zero-order valence-corrected chi connectivity index (χ0v) is 11.0. The zero-order chi connectivity index (χ0) is 12.7. The second-order valence-corrected chi connectivity index (χ2v) is 4.13. The maximum Gasteiger partial charge on any atom is 0.327 e. The number of hydrogen-bond donors (Lipinski definition) is 1. The molecule has 0 saturated heterocycles. The number of carbonyl (C=O) groups is 1. The number of benzene rings is 1. The summed E-state index contributed by atoms with van der Waals surface area (Å²) >= 11 is 5.92. The van der Waals surface area contributed by atoms with Crippen LogP contribution in [-0.2, 0) is 9.53 Å². The topological polar surface area (TPSA) is 38.3 Å². The smallest absolute Gasteiger partial charge is 0.327 e. The van der Waals surface area contributed by atoms with Crippen LogP contribution in [0, 0.1) is 0 Å². The lowest BCUT2D eigenvalue weighted by Gasteiger charge is -2.17. The molecule has 94 valence electrons. The van der Waals surface area contributed by atoms with Crippen molar-refractivity contribution in [2.45, 2.75) is 26.3 Å². The molecule has 0 heterocycles. The molecule has 4 heteroatoms. The molecule has 1 N–H and O–H groups in total. The van der Waals surface area contributed by atoms with Gasteiger partial charge in [-0.1, -0.05) is 30.7 Å². The molecule has 3 nitrogen and oxygen atoms in total. The molecule has 0 aliphatic rings. The molecule has 17 heavy (non-hydrogen) atoms. The Bertz CT molecular complexity index is 368. The Morgan fingerprint density at radius 1 is 1.47 bits per heavy atom. The fourth-order valence-electron chi connectivity index (χ4n) is 1.54. The average molecular weight is 256 g/mol. The van der Waals surface area contributed by atoms with Gasteiger partial charge >= 0.3 is 5.97 Å². The van der Waals surface area contributed by atoms with Gasteiger partial charge in [-0.05, 0) is 37.6 Å². The molecule has 0 bridgehead atoms. The Morgan fingerprint density at radius 3 is 2.82 bits per heavy atom. The van der Waals surface area contributed by atoms with E-state index in [1.807, 2.05) is 19.1 Å². The van der Waals surface area contributed by atoms with E-state index in [4.69, 9.17) is 16.3 Å². The van der Waals surface area contributed by atoms with Gasteiger partial charge in [0, 0.05) is 5.02 Å². The molecule has 1 unspecified atom stereocenters. The summed E-state index contributed by atoms with van der Waals surface area (Å²) in [6.07, 6.45) is 0.955. The van der Waals surface area contributed by atoms with Crippen molar-refractivity contribution in [2.75, 3.05) is 13.2 Å². The van der Waals surface area contributed by atoms with Gasteiger partial charge in [0.15, 0.2) is 0 Å². The minimum Gasteiger partial charge on any atom is -0.465 e. The Labute approximate surface area is 107 Å². The first-order chi connectivity index (χ1) is 8.19. The van der Waals surface area contributed by atoms with E-state index in [2.05, 4.69) is 5.32 Å². The van der Waals surface area contributed by atoms with Gasteiger partial charge in [-0.15, -0.1) is 0 Å². The van der Waals surface area contributed by atoms with Crippen molar-refractivity contribution in [1.29, 1.82) is 0 Å². The van der Waals surface area contributed by atoms with Crippen molar-refractivity contribution in [2.24, 2.45) is 0 Å². The molecule has 0 aliphatic carbocycles. The van der Waals surface area contributed by atoms with E-state index in [-0.39, 0.29) is 5.97 Å². The number of hydrogen-bond acceptors (Lipinski definition) is 3. The molecule has 0 radical (unpaired) electrons. The van der Waals surface area contributed by atoms with Crippen molar-refractivity contribution in [1.82, 2.24) is 5.32 Å². The van der Waals surface area contributed by atoms with Crippen LogP contribution < -0.4 is 5.32 Å². The van der Waals surface area contributed by atoms with Crippen LogP contribution in [0.3, 0.4) is 0 Å². The van der Waals surface area contributed by atoms with E-state index in [0.717, 1.165) is 18.5 Å². The van der Waals surface area contributed by atoms with E-state index < -0.39 is 6.04 Å². The van der Waals surface area contributed by atoms with Crippen LogP contribution in [0.4, 0.5) is 0 Å². The fourth-order valence-corrected chi connectivity index (χ4v) is 1.74. The van der Waals surface area contributed by atoms with E-state index >= 15 is 0 Å². The van der Waals surface area contributed by atoms with Crippen molar-refractivity contribution in [3.05, 3.63) is 34.9 Å². The van der Waals surface area contributed by atoms with Crippen molar-refractivity contribution >= 4 is 17.6 Å². The molecule has 0 aliphatic heterocycles. The summed E-state index contributed by atoms with van der Waals surface area (Å²) in [5, 5.41) is 3.78. The van der Waals surface area contributed by atoms with Crippen molar-refractivity contribution < 1.29 is 9.53 Å². The summed E-state index contributed by atoms with van der Waals surface area (Å²) in [6, 6.07) is 6.83. The monoisotopic (exact) mass is 255 g/mol. The number of ether oxygens (including phenoxy) is 1. The summed E-state index contributed by atoms with van der Waals surface area (Å²) in [4.78, 5) is 11.8. The van der Waals surface area contributed by atoms with Crippen LogP contribution in [-0.4, -0.2) is 19.1 Å². The predicted octanol–water partition coefficient (Wildman–Crippen LogP) is 2.94. The highest BCUT2D eigenvalue weighted by molar-refractivity contribution is 6.30. The lowest BCUT2D eigenvalue weighted by atomic mass is 10.1. The molecule has 0 aromatic heterocycles. The normalized spacial score (nSPS) is 12.2. The number of esters is 1. The molecular weight excluding hydrogens is 238 g/mol. The summed E-state index contributed by atoms with van der Waals surface area (Å²) in [6.45, 7) is 4.99. The quantitative estimate of drug-likeness (QED) is 0.795. The first-order valence-electron chi connectivity index (χ1n) is 5.84. The highest BCUT2D eigenvalue weighted by Gasteiger charge is 2.20. The predicted molar refractivity (Wildman–Crippen MR) is 69.1 cm³/mol. The minimum atomic E-state index is -0.436. The SMILES string of the molecule is CCCNC(C(=O)OCC)c1cccc(Cl)c1. The van der Waals surface area contributed by atoms with Crippen molar-refractivity contribution in [3.63, 3.8) is 0 Å². The summed E-state index contributed by atoms with van der Waals surface area (Å²) in [5.41, 5.74) is 0.837. The maximum atomic E-state index is 11.8. The lowest BCUT2D eigenvalue weighted by molar-refractivity contribution is -0.145. The first kappa shape index (κ1) is 14.0. The Kier molecular flexibility index (Phi) is 6.01. The van der Waals surface area contributed by atoms with Crippen molar-refractivity contribution in [3.8, 4) is 0 Å². The number of carbonyl (C=O) groups excluding carboxylic acids is 1. The van der Waals surface area contributed by atoms with Crippen LogP contribution in [0.25, 0.3) is 0 Å². The van der Waals surface area contributed by atoms with Gasteiger partial charge in [-0.3, -0.25) is 0 Å². The van der Waals surface area contributed by atoms with Crippen LogP contribution in [0.2, 0.25) is 5.02 Å². The molecule has 0 amide bonds. The molecule has 1 rings (SSSR count). The Hall–Kier alpha value is -1.06. The fraction of sp³-hybridized carbons (Fsp3) is 0.462. The molecule has 1 atom stereocenters. The minimum absolute atomic E-state index is 0.261.